The summed E-state index contributed by atoms with van der Waals surface area (Å²) >= 11 is 0. The minimum atomic E-state index is -0.947. The van der Waals surface area contributed by atoms with E-state index in [2.05, 4.69) is 4.90 Å². The van der Waals surface area contributed by atoms with E-state index in [1.54, 1.807) is 6.07 Å². The molecule has 2 fully saturated rings. The van der Waals surface area contributed by atoms with E-state index in [1.807, 2.05) is 12.1 Å². The lowest BCUT2D eigenvalue weighted by Crippen LogP contribution is -2.59. The van der Waals surface area contributed by atoms with Crippen molar-refractivity contribution in [2.75, 3.05) is 25.1 Å². The van der Waals surface area contributed by atoms with Crippen molar-refractivity contribution < 1.29 is 14.6 Å². The highest BCUT2D eigenvalue weighted by Gasteiger charge is 2.47. The summed E-state index contributed by atoms with van der Waals surface area (Å²) in [5.74, 6) is -0.507. The summed E-state index contributed by atoms with van der Waals surface area (Å²) < 4.78 is 5.15. The van der Waals surface area contributed by atoms with Gasteiger partial charge in [-0.25, -0.2) is 4.79 Å². The van der Waals surface area contributed by atoms with Gasteiger partial charge in [-0.05, 0) is 25.0 Å². The summed E-state index contributed by atoms with van der Waals surface area (Å²) in [6.45, 7) is 2.20. The van der Waals surface area contributed by atoms with Crippen LogP contribution in [-0.4, -0.2) is 31.3 Å². The second kappa shape index (κ2) is 3.90. The zero-order valence-electron chi connectivity index (χ0n) is 10.5. The van der Waals surface area contributed by atoms with Gasteiger partial charge in [0.25, 0.3) is 0 Å². The van der Waals surface area contributed by atoms with E-state index >= 15 is 0 Å². The highest BCUT2D eigenvalue weighted by atomic mass is 16.5. The Labute approximate surface area is 106 Å². The van der Waals surface area contributed by atoms with E-state index in [9.17, 15) is 4.79 Å². The van der Waals surface area contributed by atoms with Crippen LogP contribution in [0.15, 0.2) is 18.2 Å². The number of ether oxygens (including phenoxy) is 1. The number of hydrogen-bond donors (Lipinski definition) is 1. The molecule has 1 heterocycles. The molecule has 0 atom stereocenters. The Kier molecular flexibility index (Phi) is 2.47. The lowest BCUT2D eigenvalue weighted by Gasteiger charge is -2.57. The van der Waals surface area contributed by atoms with Gasteiger partial charge >= 0.3 is 5.97 Å². The van der Waals surface area contributed by atoms with E-state index in [4.69, 9.17) is 9.84 Å². The van der Waals surface area contributed by atoms with Gasteiger partial charge in [0.1, 0.15) is 11.3 Å². The number of methoxy groups -OCH3 is 1. The zero-order chi connectivity index (χ0) is 12.8. The third kappa shape index (κ3) is 1.64. The molecule has 2 aliphatic rings. The van der Waals surface area contributed by atoms with Crippen LogP contribution in [0.2, 0.25) is 0 Å². The van der Waals surface area contributed by atoms with E-state index in [0.717, 1.165) is 18.8 Å². The van der Waals surface area contributed by atoms with Crippen LogP contribution in [-0.2, 0) is 0 Å². The summed E-state index contributed by atoms with van der Waals surface area (Å²) in [6.07, 6.45) is 4.04. The minimum absolute atomic E-state index is 0.222. The third-order valence-electron chi connectivity index (χ3n) is 4.25. The van der Waals surface area contributed by atoms with Gasteiger partial charge in [-0.2, -0.15) is 0 Å². The van der Waals surface area contributed by atoms with Crippen LogP contribution in [0, 0.1) is 5.41 Å². The summed E-state index contributed by atoms with van der Waals surface area (Å²) in [7, 11) is 1.51. The first kappa shape index (κ1) is 11.4. The van der Waals surface area contributed by atoms with Gasteiger partial charge in [-0.3, -0.25) is 0 Å². The van der Waals surface area contributed by atoms with Crippen LogP contribution < -0.4 is 9.64 Å². The van der Waals surface area contributed by atoms with E-state index in [0.29, 0.717) is 11.2 Å². The average Bonchev–Trinajstić information content (AvgIpc) is 2.24. The molecular formula is C14H17NO3. The molecule has 0 amide bonds. The van der Waals surface area contributed by atoms with E-state index < -0.39 is 5.97 Å². The normalized spacial score (nSPS) is 20.2. The van der Waals surface area contributed by atoms with Gasteiger partial charge < -0.3 is 14.7 Å². The number of anilines is 1. The van der Waals surface area contributed by atoms with Gasteiger partial charge in [0.2, 0.25) is 0 Å². The van der Waals surface area contributed by atoms with Crippen LogP contribution in [0.25, 0.3) is 0 Å². The Morgan fingerprint density at radius 1 is 1.39 bits per heavy atom. The fourth-order valence-electron chi connectivity index (χ4n) is 2.99. The van der Waals surface area contributed by atoms with Crippen molar-refractivity contribution in [2.45, 2.75) is 19.3 Å². The molecule has 1 aliphatic carbocycles. The molecule has 0 bridgehead atoms. The van der Waals surface area contributed by atoms with Crippen LogP contribution >= 0.6 is 0 Å². The third-order valence-corrected chi connectivity index (χ3v) is 4.25. The zero-order valence-corrected chi connectivity index (χ0v) is 10.5. The molecule has 0 aromatic heterocycles. The number of carbonyl (C=O) groups is 1. The lowest BCUT2D eigenvalue weighted by molar-refractivity contribution is 0.0693. The summed E-state index contributed by atoms with van der Waals surface area (Å²) in [4.78, 5) is 13.3. The van der Waals surface area contributed by atoms with Crippen molar-refractivity contribution >= 4 is 11.7 Å². The van der Waals surface area contributed by atoms with Crippen LogP contribution in [0.3, 0.4) is 0 Å². The molecule has 1 saturated heterocycles. The minimum Gasteiger partial charge on any atom is -0.496 e. The van der Waals surface area contributed by atoms with E-state index in [1.165, 1.54) is 26.4 Å². The van der Waals surface area contributed by atoms with Crippen LogP contribution in [0.1, 0.15) is 29.6 Å². The lowest BCUT2D eigenvalue weighted by atomic mass is 9.63. The topological polar surface area (TPSA) is 49.8 Å². The molecule has 0 unspecified atom stereocenters. The van der Waals surface area contributed by atoms with Crippen molar-refractivity contribution in [2.24, 2.45) is 5.41 Å². The number of aromatic carboxylic acids is 1. The number of carboxylic acids is 1. The molecule has 18 heavy (non-hydrogen) atoms. The highest BCUT2D eigenvalue weighted by molar-refractivity contribution is 5.91. The molecule has 1 spiro atoms. The first-order valence-electron chi connectivity index (χ1n) is 6.30. The highest BCUT2D eigenvalue weighted by Crippen LogP contribution is 2.49. The maximum Gasteiger partial charge on any atom is 0.339 e. The standard InChI is InChI=1S/C14H17NO3/c1-18-12-7-10(3-4-11(12)13(16)17)15-8-14(9-15)5-2-6-14/h3-4,7H,2,5-6,8-9H2,1H3,(H,16,17). The summed E-state index contributed by atoms with van der Waals surface area (Å²) in [5.41, 5.74) is 1.85. The van der Waals surface area contributed by atoms with Crippen molar-refractivity contribution in [1.82, 2.24) is 0 Å². The van der Waals surface area contributed by atoms with Gasteiger partial charge in [-0.15, -0.1) is 0 Å². The Balaban J connectivity index is 1.79. The van der Waals surface area contributed by atoms with Gasteiger partial charge in [-0.1, -0.05) is 6.42 Å². The van der Waals surface area contributed by atoms with Crippen molar-refractivity contribution in [1.29, 1.82) is 0 Å². The first-order chi connectivity index (χ1) is 8.63. The number of carboxylic acid groups (broad SMARTS) is 1. The van der Waals surface area contributed by atoms with Gasteiger partial charge in [0.05, 0.1) is 7.11 Å². The average molecular weight is 247 g/mol. The van der Waals surface area contributed by atoms with Gasteiger partial charge in [0.15, 0.2) is 0 Å². The molecule has 0 radical (unpaired) electrons. The molecule has 1 aromatic rings. The fraction of sp³-hybridized carbons (Fsp3) is 0.500. The molecule has 3 rings (SSSR count). The predicted molar refractivity (Wildman–Crippen MR) is 68.5 cm³/mol. The van der Waals surface area contributed by atoms with Crippen molar-refractivity contribution in [3.8, 4) is 5.75 Å². The largest absolute Gasteiger partial charge is 0.496 e. The fourth-order valence-corrected chi connectivity index (χ4v) is 2.99. The van der Waals surface area contributed by atoms with Crippen LogP contribution in [0.5, 0.6) is 5.75 Å². The number of nitrogens with zero attached hydrogens (tertiary/aromatic N) is 1. The molecule has 1 aromatic carbocycles. The molecule has 1 N–H and O–H groups in total. The first-order valence-corrected chi connectivity index (χ1v) is 6.30. The number of rotatable bonds is 3. The summed E-state index contributed by atoms with van der Waals surface area (Å²) in [5, 5.41) is 9.03. The molecule has 1 aliphatic heterocycles. The summed E-state index contributed by atoms with van der Waals surface area (Å²) in [6, 6.07) is 5.33. The quantitative estimate of drug-likeness (QED) is 0.891. The molecule has 96 valence electrons. The maximum absolute atomic E-state index is 11.0. The number of hydrogen-bond acceptors (Lipinski definition) is 3. The molecule has 1 saturated carbocycles. The predicted octanol–water partition coefficient (Wildman–Crippen LogP) is 2.38. The van der Waals surface area contributed by atoms with Crippen molar-refractivity contribution in [3.05, 3.63) is 23.8 Å². The second-order valence-corrected chi connectivity index (χ2v) is 5.40. The monoisotopic (exact) mass is 247 g/mol. The second-order valence-electron chi connectivity index (χ2n) is 5.40. The Bertz CT molecular complexity index is 486. The molecule has 4 nitrogen and oxygen atoms in total. The SMILES string of the molecule is COc1cc(N2CC3(CCC3)C2)ccc1C(=O)O. The maximum atomic E-state index is 11.0. The van der Waals surface area contributed by atoms with Crippen LogP contribution in [0.4, 0.5) is 5.69 Å². The Morgan fingerprint density at radius 3 is 2.61 bits per heavy atom. The Hall–Kier alpha value is -1.71. The van der Waals surface area contributed by atoms with Gasteiger partial charge in [0, 0.05) is 30.3 Å². The molecule has 4 heteroatoms. The van der Waals surface area contributed by atoms with E-state index in [-0.39, 0.29) is 5.56 Å². The Morgan fingerprint density at radius 2 is 2.11 bits per heavy atom. The number of benzene rings is 1. The smallest absolute Gasteiger partial charge is 0.339 e. The van der Waals surface area contributed by atoms with Crippen molar-refractivity contribution in [3.63, 3.8) is 0 Å². The molecular weight excluding hydrogens is 230 g/mol.